The number of rotatable bonds is 2. The van der Waals surface area contributed by atoms with Gasteiger partial charge in [0, 0.05) is 4.47 Å². The van der Waals surface area contributed by atoms with Gasteiger partial charge in [-0.05, 0) is 18.2 Å². The number of hydrogen-bond acceptors (Lipinski definition) is 2. The van der Waals surface area contributed by atoms with E-state index in [0.717, 1.165) is 15.8 Å². The molecule has 1 heterocycles. The summed E-state index contributed by atoms with van der Waals surface area (Å²) in [5.41, 5.74) is 1.16. The van der Waals surface area contributed by atoms with Gasteiger partial charge in [-0.1, -0.05) is 15.9 Å². The molecule has 1 aromatic rings. The standard InChI is InChI=1S/C11H14BrNO2/c1-13-11-7(5-14)6-15-10-3-2-8(12)4-9(10)11/h2-4,7,11,13-14H,5-6H2,1H3/p+1/t7-,11-/m0/s1. The molecule has 15 heavy (non-hydrogen) atoms. The summed E-state index contributed by atoms with van der Waals surface area (Å²) in [6.07, 6.45) is 0. The van der Waals surface area contributed by atoms with E-state index in [9.17, 15) is 5.11 Å². The summed E-state index contributed by atoms with van der Waals surface area (Å²) in [7, 11) is 2.03. The predicted molar refractivity (Wildman–Crippen MR) is 60.8 cm³/mol. The second-order valence-corrected chi connectivity index (χ2v) is 4.71. The molecule has 0 amide bonds. The molecule has 0 spiro atoms. The normalized spacial score (nSPS) is 24.5. The van der Waals surface area contributed by atoms with E-state index in [4.69, 9.17) is 4.74 Å². The van der Waals surface area contributed by atoms with Crippen molar-refractivity contribution in [3.63, 3.8) is 0 Å². The lowest BCUT2D eigenvalue weighted by Crippen LogP contribution is -2.83. The van der Waals surface area contributed by atoms with E-state index in [1.807, 2.05) is 19.2 Å². The molecule has 0 aliphatic carbocycles. The summed E-state index contributed by atoms with van der Waals surface area (Å²) in [5, 5.41) is 11.4. The van der Waals surface area contributed by atoms with Gasteiger partial charge in [0.1, 0.15) is 11.8 Å². The van der Waals surface area contributed by atoms with Gasteiger partial charge in [0.05, 0.1) is 31.7 Å². The number of fused-ring (bicyclic) bond motifs is 1. The Morgan fingerprint density at radius 1 is 1.60 bits per heavy atom. The second-order valence-electron chi connectivity index (χ2n) is 3.79. The molecule has 1 aliphatic heterocycles. The first-order valence-corrected chi connectivity index (χ1v) is 5.88. The first-order valence-electron chi connectivity index (χ1n) is 5.09. The Bertz CT molecular complexity index is 356. The Morgan fingerprint density at radius 2 is 2.40 bits per heavy atom. The average molecular weight is 273 g/mol. The Hall–Kier alpha value is -0.580. The molecule has 1 aromatic carbocycles. The van der Waals surface area contributed by atoms with Gasteiger partial charge in [-0.2, -0.15) is 0 Å². The highest BCUT2D eigenvalue weighted by atomic mass is 79.9. The highest BCUT2D eigenvalue weighted by Gasteiger charge is 2.32. The summed E-state index contributed by atoms with van der Waals surface area (Å²) in [6, 6.07) is 6.31. The molecule has 1 aliphatic rings. The minimum absolute atomic E-state index is 0.168. The van der Waals surface area contributed by atoms with Crippen LogP contribution in [0.3, 0.4) is 0 Å². The molecular weight excluding hydrogens is 258 g/mol. The number of nitrogens with two attached hydrogens (primary N) is 1. The molecule has 0 bridgehead atoms. The van der Waals surface area contributed by atoms with E-state index in [1.165, 1.54) is 0 Å². The molecular formula is C11H15BrNO2+. The minimum Gasteiger partial charge on any atom is -0.492 e. The van der Waals surface area contributed by atoms with E-state index in [1.54, 1.807) is 0 Å². The maximum Gasteiger partial charge on any atom is 0.128 e. The molecule has 3 nitrogen and oxygen atoms in total. The number of halogens is 1. The zero-order chi connectivity index (χ0) is 10.8. The smallest absolute Gasteiger partial charge is 0.128 e. The second kappa shape index (κ2) is 4.51. The van der Waals surface area contributed by atoms with Crippen LogP contribution < -0.4 is 10.1 Å². The average Bonchev–Trinajstić information content (AvgIpc) is 2.27. The van der Waals surface area contributed by atoms with E-state index in [-0.39, 0.29) is 18.6 Å². The Kier molecular flexibility index (Phi) is 3.29. The van der Waals surface area contributed by atoms with Gasteiger partial charge in [0.2, 0.25) is 0 Å². The maximum atomic E-state index is 9.28. The third-order valence-corrected chi connectivity index (χ3v) is 3.38. The lowest BCUT2D eigenvalue weighted by atomic mass is 9.91. The van der Waals surface area contributed by atoms with Crippen LogP contribution in [-0.2, 0) is 0 Å². The van der Waals surface area contributed by atoms with Crippen molar-refractivity contribution >= 4 is 15.9 Å². The topological polar surface area (TPSA) is 46.1 Å². The van der Waals surface area contributed by atoms with Gasteiger partial charge < -0.3 is 15.2 Å². The quantitative estimate of drug-likeness (QED) is 0.832. The van der Waals surface area contributed by atoms with E-state index in [0.29, 0.717) is 6.61 Å². The van der Waals surface area contributed by atoms with Crippen molar-refractivity contribution in [1.29, 1.82) is 0 Å². The molecule has 0 aromatic heterocycles. The summed E-state index contributed by atoms with van der Waals surface area (Å²) < 4.78 is 6.66. The Balaban J connectivity index is 2.39. The minimum atomic E-state index is 0.168. The maximum absolute atomic E-state index is 9.28. The van der Waals surface area contributed by atoms with Gasteiger partial charge in [0.15, 0.2) is 0 Å². The van der Waals surface area contributed by atoms with Crippen LogP contribution >= 0.6 is 15.9 Å². The number of ether oxygens (including phenoxy) is 1. The van der Waals surface area contributed by atoms with Crippen LogP contribution in [0.1, 0.15) is 11.6 Å². The number of benzene rings is 1. The first kappa shape index (κ1) is 10.9. The lowest BCUT2D eigenvalue weighted by molar-refractivity contribution is -0.679. The van der Waals surface area contributed by atoms with Gasteiger partial charge in [-0.3, -0.25) is 0 Å². The molecule has 0 saturated heterocycles. The lowest BCUT2D eigenvalue weighted by Gasteiger charge is -2.29. The van der Waals surface area contributed by atoms with Crippen molar-refractivity contribution in [3.8, 4) is 5.75 Å². The van der Waals surface area contributed by atoms with Crippen molar-refractivity contribution in [2.24, 2.45) is 5.92 Å². The SMILES string of the molecule is C[NH2+][C@@H]1c2cc(Br)ccc2OC[C@@H]1CO. The van der Waals surface area contributed by atoms with Crippen LogP contribution in [0, 0.1) is 5.92 Å². The Morgan fingerprint density at radius 3 is 3.07 bits per heavy atom. The van der Waals surface area contributed by atoms with Gasteiger partial charge >= 0.3 is 0 Å². The van der Waals surface area contributed by atoms with Crippen molar-refractivity contribution in [2.75, 3.05) is 20.3 Å². The monoisotopic (exact) mass is 272 g/mol. The predicted octanol–water partition coefficient (Wildman–Crippen LogP) is 0.684. The van der Waals surface area contributed by atoms with Gasteiger partial charge in [-0.15, -0.1) is 0 Å². The third-order valence-electron chi connectivity index (χ3n) is 2.89. The first-order chi connectivity index (χ1) is 7.26. The number of hydrogen-bond donors (Lipinski definition) is 2. The summed E-state index contributed by atoms with van der Waals surface area (Å²) in [6.45, 7) is 0.765. The van der Waals surface area contributed by atoms with Crippen LogP contribution in [0.2, 0.25) is 0 Å². The summed E-state index contributed by atoms with van der Waals surface area (Å²) >= 11 is 3.46. The summed E-state index contributed by atoms with van der Waals surface area (Å²) in [4.78, 5) is 0. The molecule has 0 radical (unpaired) electrons. The van der Waals surface area contributed by atoms with Gasteiger partial charge in [-0.25, -0.2) is 0 Å². The van der Waals surface area contributed by atoms with Gasteiger partial charge in [0.25, 0.3) is 0 Å². The fourth-order valence-electron chi connectivity index (χ4n) is 2.08. The molecule has 82 valence electrons. The van der Waals surface area contributed by atoms with E-state index < -0.39 is 0 Å². The number of aliphatic hydroxyl groups excluding tert-OH is 1. The highest BCUT2D eigenvalue weighted by molar-refractivity contribution is 9.10. The van der Waals surface area contributed by atoms with Crippen molar-refractivity contribution in [1.82, 2.24) is 0 Å². The van der Waals surface area contributed by atoms with Crippen LogP contribution in [-0.4, -0.2) is 25.4 Å². The molecule has 3 N–H and O–H groups in total. The van der Waals surface area contributed by atoms with Crippen molar-refractivity contribution in [2.45, 2.75) is 6.04 Å². The number of quaternary nitrogens is 1. The molecule has 2 atom stereocenters. The zero-order valence-electron chi connectivity index (χ0n) is 8.61. The van der Waals surface area contributed by atoms with Crippen LogP contribution in [0.5, 0.6) is 5.75 Å². The zero-order valence-corrected chi connectivity index (χ0v) is 10.2. The van der Waals surface area contributed by atoms with E-state index in [2.05, 4.69) is 27.3 Å². The molecule has 0 saturated carbocycles. The van der Waals surface area contributed by atoms with Crippen LogP contribution in [0.4, 0.5) is 0 Å². The fourth-order valence-corrected chi connectivity index (χ4v) is 2.46. The largest absolute Gasteiger partial charge is 0.492 e. The molecule has 0 fully saturated rings. The molecule has 0 unspecified atom stereocenters. The van der Waals surface area contributed by atoms with Crippen molar-refractivity contribution < 1.29 is 15.2 Å². The highest BCUT2D eigenvalue weighted by Crippen LogP contribution is 2.34. The van der Waals surface area contributed by atoms with E-state index >= 15 is 0 Å². The van der Waals surface area contributed by atoms with Crippen LogP contribution in [0.25, 0.3) is 0 Å². The summed E-state index contributed by atoms with van der Waals surface area (Å²) in [5.74, 6) is 1.11. The number of aliphatic hydroxyl groups is 1. The fraction of sp³-hybridized carbons (Fsp3) is 0.455. The molecule has 2 rings (SSSR count). The van der Waals surface area contributed by atoms with Crippen molar-refractivity contribution in [3.05, 3.63) is 28.2 Å². The third kappa shape index (κ3) is 2.02. The molecule has 4 heteroatoms. The van der Waals surface area contributed by atoms with Crippen LogP contribution in [0.15, 0.2) is 22.7 Å². The Labute approximate surface area is 97.6 Å².